The largest absolute Gasteiger partial charge is 0.493 e. The van der Waals surface area contributed by atoms with E-state index >= 15 is 0 Å². The number of hydrogen-bond acceptors (Lipinski definition) is 6. The number of non-ortho nitro benzene ring substituents is 1. The number of nitro benzene ring substituents is 1. The van der Waals surface area contributed by atoms with Gasteiger partial charge in [-0.25, -0.2) is 0 Å². The van der Waals surface area contributed by atoms with Gasteiger partial charge < -0.3 is 18.9 Å². The van der Waals surface area contributed by atoms with Crippen molar-refractivity contribution in [1.29, 1.82) is 0 Å². The zero-order valence-corrected chi connectivity index (χ0v) is 11.8. The van der Waals surface area contributed by atoms with Gasteiger partial charge in [0.25, 0.3) is 5.69 Å². The van der Waals surface area contributed by atoms with Crippen LogP contribution in [-0.4, -0.2) is 38.1 Å². The van der Waals surface area contributed by atoms with Gasteiger partial charge in [0, 0.05) is 19.3 Å². The highest BCUT2D eigenvalue weighted by atomic mass is 16.7. The van der Waals surface area contributed by atoms with Crippen molar-refractivity contribution < 1.29 is 23.9 Å². The Morgan fingerprint density at radius 3 is 2.35 bits per heavy atom. The molecule has 0 fully saturated rings. The van der Waals surface area contributed by atoms with E-state index in [2.05, 4.69) is 0 Å². The number of nitrogens with zero attached hydrogens (tertiary/aromatic N) is 1. The van der Waals surface area contributed by atoms with Crippen molar-refractivity contribution in [2.45, 2.75) is 20.1 Å². The van der Waals surface area contributed by atoms with Gasteiger partial charge in [0.15, 0.2) is 17.8 Å². The molecule has 7 nitrogen and oxygen atoms in total. The minimum absolute atomic E-state index is 0.0647. The van der Waals surface area contributed by atoms with Crippen LogP contribution in [0, 0.1) is 10.1 Å². The van der Waals surface area contributed by atoms with Crippen LogP contribution in [0.5, 0.6) is 11.5 Å². The predicted octanol–water partition coefficient (Wildman–Crippen LogP) is 2.38. The highest BCUT2D eigenvalue weighted by Gasteiger charge is 2.15. The third-order valence-electron chi connectivity index (χ3n) is 2.44. The van der Waals surface area contributed by atoms with Crippen molar-refractivity contribution in [3.05, 3.63) is 28.3 Å². The van der Waals surface area contributed by atoms with Gasteiger partial charge in [-0.15, -0.1) is 0 Å². The first-order valence-electron chi connectivity index (χ1n) is 6.30. The fraction of sp³-hybridized carbons (Fsp3) is 0.538. The second kappa shape index (κ2) is 8.34. The molecule has 0 heterocycles. The van der Waals surface area contributed by atoms with Gasteiger partial charge in [0.1, 0.15) is 6.61 Å². The van der Waals surface area contributed by atoms with Crippen molar-refractivity contribution in [2.75, 3.05) is 26.9 Å². The average Bonchev–Trinajstić information content (AvgIpc) is 2.44. The molecule has 112 valence electrons. The molecule has 20 heavy (non-hydrogen) atoms. The standard InChI is InChI=1S/C13H19NO6/c1-4-18-13(19-5-2)9-20-12-8-10(14(15)16)6-7-11(12)17-3/h6-8,13H,4-5,9H2,1-3H3. The van der Waals surface area contributed by atoms with E-state index in [0.29, 0.717) is 19.0 Å². The molecule has 0 atom stereocenters. The molecule has 0 saturated heterocycles. The lowest BCUT2D eigenvalue weighted by Gasteiger charge is -2.18. The second-order valence-electron chi connectivity index (χ2n) is 3.74. The van der Waals surface area contributed by atoms with E-state index < -0.39 is 11.2 Å². The molecule has 0 radical (unpaired) electrons. The first-order valence-corrected chi connectivity index (χ1v) is 6.30. The lowest BCUT2D eigenvalue weighted by Crippen LogP contribution is -2.25. The molecule has 0 aromatic heterocycles. The monoisotopic (exact) mass is 285 g/mol. The quantitative estimate of drug-likeness (QED) is 0.393. The highest BCUT2D eigenvalue weighted by Crippen LogP contribution is 2.31. The molecule has 0 aliphatic rings. The van der Waals surface area contributed by atoms with Crippen LogP contribution in [0.4, 0.5) is 5.69 Å². The molecule has 0 aliphatic heterocycles. The smallest absolute Gasteiger partial charge is 0.273 e. The SMILES string of the molecule is CCOC(COc1cc([N+](=O)[O-])ccc1OC)OCC. The maximum absolute atomic E-state index is 10.8. The molecular formula is C13H19NO6. The topological polar surface area (TPSA) is 80.1 Å². The summed E-state index contributed by atoms with van der Waals surface area (Å²) < 4.78 is 21.3. The summed E-state index contributed by atoms with van der Waals surface area (Å²) in [6.07, 6.45) is -0.519. The Hall–Kier alpha value is -1.86. The second-order valence-corrected chi connectivity index (χ2v) is 3.74. The summed E-state index contributed by atoms with van der Waals surface area (Å²) in [6.45, 7) is 4.79. The van der Waals surface area contributed by atoms with Crippen LogP contribution in [0.15, 0.2) is 18.2 Å². The normalized spacial score (nSPS) is 10.6. The number of ether oxygens (including phenoxy) is 4. The lowest BCUT2D eigenvalue weighted by atomic mass is 10.3. The minimum atomic E-state index is -0.519. The highest BCUT2D eigenvalue weighted by molar-refractivity contribution is 5.48. The van der Waals surface area contributed by atoms with Crippen LogP contribution in [0.3, 0.4) is 0 Å². The van der Waals surface area contributed by atoms with Gasteiger partial charge in [-0.1, -0.05) is 0 Å². The van der Waals surface area contributed by atoms with E-state index in [1.807, 2.05) is 13.8 Å². The fourth-order valence-corrected chi connectivity index (χ4v) is 1.57. The molecule has 0 amide bonds. The fourth-order valence-electron chi connectivity index (χ4n) is 1.57. The Morgan fingerprint density at radius 2 is 1.85 bits per heavy atom. The number of nitro groups is 1. The van der Waals surface area contributed by atoms with Crippen molar-refractivity contribution in [2.24, 2.45) is 0 Å². The van der Waals surface area contributed by atoms with Crippen molar-refractivity contribution in [3.63, 3.8) is 0 Å². The summed E-state index contributed by atoms with van der Waals surface area (Å²) >= 11 is 0. The zero-order chi connectivity index (χ0) is 15.0. The van der Waals surface area contributed by atoms with Crippen molar-refractivity contribution in [3.8, 4) is 11.5 Å². The molecule has 1 aromatic carbocycles. The predicted molar refractivity (Wildman–Crippen MR) is 72.2 cm³/mol. The van der Waals surface area contributed by atoms with Gasteiger partial charge in [-0.3, -0.25) is 10.1 Å². The van der Waals surface area contributed by atoms with Crippen LogP contribution in [-0.2, 0) is 9.47 Å². The molecule has 0 N–H and O–H groups in total. The molecule has 0 bridgehead atoms. The summed E-state index contributed by atoms with van der Waals surface area (Å²) in [5.74, 6) is 0.702. The summed E-state index contributed by atoms with van der Waals surface area (Å²) in [4.78, 5) is 10.3. The summed E-state index contributed by atoms with van der Waals surface area (Å²) in [7, 11) is 1.47. The van der Waals surface area contributed by atoms with E-state index in [-0.39, 0.29) is 18.0 Å². The molecule has 0 spiro atoms. The molecule has 7 heteroatoms. The van der Waals surface area contributed by atoms with Crippen LogP contribution < -0.4 is 9.47 Å². The van der Waals surface area contributed by atoms with Crippen molar-refractivity contribution >= 4 is 5.69 Å². The zero-order valence-electron chi connectivity index (χ0n) is 11.8. The molecule has 1 rings (SSSR count). The van der Waals surface area contributed by atoms with Crippen LogP contribution in [0.25, 0.3) is 0 Å². The van der Waals surface area contributed by atoms with Crippen LogP contribution in [0.1, 0.15) is 13.8 Å². The van der Waals surface area contributed by atoms with E-state index in [0.717, 1.165) is 0 Å². The maximum atomic E-state index is 10.8. The van der Waals surface area contributed by atoms with Crippen molar-refractivity contribution in [1.82, 2.24) is 0 Å². The first kappa shape index (κ1) is 16.2. The number of hydrogen-bond donors (Lipinski definition) is 0. The third kappa shape index (κ3) is 4.67. The number of rotatable bonds is 9. The van der Waals surface area contributed by atoms with Crippen LogP contribution >= 0.6 is 0 Å². The Bertz CT molecular complexity index is 431. The first-order chi connectivity index (χ1) is 9.62. The molecule has 0 aliphatic carbocycles. The van der Waals surface area contributed by atoms with E-state index in [1.165, 1.54) is 25.3 Å². The summed E-state index contributed by atoms with van der Waals surface area (Å²) in [5, 5.41) is 10.8. The molecule has 0 unspecified atom stereocenters. The Labute approximate surface area is 117 Å². The van der Waals surface area contributed by atoms with Gasteiger partial charge in [-0.05, 0) is 19.9 Å². The Balaban J connectivity index is 2.78. The summed E-state index contributed by atoms with van der Waals surface area (Å²) in [6, 6.07) is 4.16. The van der Waals surface area contributed by atoms with Gasteiger partial charge in [0.05, 0.1) is 18.1 Å². The summed E-state index contributed by atoms with van der Waals surface area (Å²) in [5.41, 5.74) is -0.0647. The van der Waals surface area contributed by atoms with Gasteiger partial charge in [0.2, 0.25) is 0 Å². The van der Waals surface area contributed by atoms with Gasteiger partial charge >= 0.3 is 0 Å². The third-order valence-corrected chi connectivity index (χ3v) is 2.44. The Kier molecular flexibility index (Phi) is 6.75. The van der Waals surface area contributed by atoms with E-state index in [1.54, 1.807) is 0 Å². The van der Waals surface area contributed by atoms with E-state index in [4.69, 9.17) is 18.9 Å². The van der Waals surface area contributed by atoms with E-state index in [9.17, 15) is 10.1 Å². The van der Waals surface area contributed by atoms with Crippen LogP contribution in [0.2, 0.25) is 0 Å². The Morgan fingerprint density at radius 1 is 1.20 bits per heavy atom. The number of benzene rings is 1. The number of methoxy groups -OCH3 is 1. The minimum Gasteiger partial charge on any atom is -0.493 e. The lowest BCUT2D eigenvalue weighted by molar-refractivity contribution is -0.385. The molecule has 0 saturated carbocycles. The molecular weight excluding hydrogens is 266 g/mol. The molecule has 1 aromatic rings. The maximum Gasteiger partial charge on any atom is 0.273 e. The van der Waals surface area contributed by atoms with Gasteiger partial charge in [-0.2, -0.15) is 0 Å². The average molecular weight is 285 g/mol.